The lowest BCUT2D eigenvalue weighted by Crippen LogP contribution is -2.42. The number of aromatic nitrogens is 1. The van der Waals surface area contributed by atoms with E-state index >= 15 is 0 Å². The number of aliphatic hydroxyl groups is 1. The lowest BCUT2D eigenvalue weighted by molar-refractivity contribution is 0.0842. The van der Waals surface area contributed by atoms with Crippen LogP contribution >= 0.6 is 11.6 Å². The summed E-state index contributed by atoms with van der Waals surface area (Å²) in [5, 5.41) is 13.2. The Hall–Kier alpha value is -1.95. The number of aliphatic hydroxyl groups excluding tert-OH is 1. The minimum absolute atomic E-state index is 0.190. The second kappa shape index (κ2) is 7.75. The Balaban J connectivity index is 1.49. The molecule has 1 aromatic carbocycles. The van der Waals surface area contributed by atoms with Crippen LogP contribution in [-0.4, -0.2) is 46.6 Å². The molecule has 5 nitrogen and oxygen atoms in total. The van der Waals surface area contributed by atoms with Gasteiger partial charge in [-0.1, -0.05) is 35.9 Å². The van der Waals surface area contributed by atoms with Crippen molar-refractivity contribution in [3.8, 4) is 0 Å². The molecule has 0 fully saturated rings. The summed E-state index contributed by atoms with van der Waals surface area (Å²) in [5.74, 6) is -0.301. The van der Waals surface area contributed by atoms with Gasteiger partial charge in [0.15, 0.2) is 0 Å². The molecule has 0 aliphatic carbocycles. The highest BCUT2D eigenvalue weighted by atomic mass is 35.5. The first-order chi connectivity index (χ1) is 11.6. The van der Waals surface area contributed by atoms with E-state index in [1.165, 1.54) is 23.5 Å². The Morgan fingerprint density at radius 2 is 2.12 bits per heavy atom. The lowest BCUT2D eigenvalue weighted by atomic mass is 10.00. The van der Waals surface area contributed by atoms with Crippen molar-refractivity contribution in [3.63, 3.8) is 0 Å². The molecular weight excluding hydrogens is 326 g/mol. The predicted molar refractivity (Wildman–Crippen MR) is 93.0 cm³/mol. The highest BCUT2D eigenvalue weighted by Crippen LogP contribution is 2.18. The zero-order chi connectivity index (χ0) is 16.9. The van der Waals surface area contributed by atoms with Crippen LogP contribution in [0.4, 0.5) is 0 Å². The van der Waals surface area contributed by atoms with E-state index < -0.39 is 6.10 Å². The number of hydrogen-bond acceptors (Lipinski definition) is 4. The average molecular weight is 346 g/mol. The zero-order valence-electron chi connectivity index (χ0n) is 13.3. The molecule has 0 spiro atoms. The van der Waals surface area contributed by atoms with E-state index in [1.54, 1.807) is 6.07 Å². The van der Waals surface area contributed by atoms with E-state index in [0.717, 1.165) is 19.5 Å². The summed E-state index contributed by atoms with van der Waals surface area (Å²) in [5.41, 5.74) is 3.05. The Bertz CT molecular complexity index is 723. The summed E-state index contributed by atoms with van der Waals surface area (Å²) in [6, 6.07) is 9.94. The lowest BCUT2D eigenvalue weighted by Gasteiger charge is -2.30. The quantitative estimate of drug-likeness (QED) is 0.868. The van der Waals surface area contributed by atoms with Gasteiger partial charge in [-0.2, -0.15) is 0 Å². The molecule has 1 aliphatic heterocycles. The first kappa shape index (κ1) is 16.9. The van der Waals surface area contributed by atoms with Gasteiger partial charge in [0.05, 0.1) is 16.7 Å². The Labute approximate surface area is 146 Å². The fraction of sp³-hybridized carbons (Fsp3) is 0.333. The molecule has 126 valence electrons. The molecule has 0 radical (unpaired) electrons. The molecule has 24 heavy (non-hydrogen) atoms. The van der Waals surface area contributed by atoms with E-state index in [9.17, 15) is 9.90 Å². The van der Waals surface area contributed by atoms with Gasteiger partial charge in [-0.25, -0.2) is 0 Å². The van der Waals surface area contributed by atoms with Gasteiger partial charge in [-0.05, 0) is 23.6 Å². The summed E-state index contributed by atoms with van der Waals surface area (Å²) in [6.45, 7) is 2.46. The van der Waals surface area contributed by atoms with E-state index in [0.29, 0.717) is 17.1 Å². The summed E-state index contributed by atoms with van der Waals surface area (Å²) in [4.78, 5) is 18.1. The van der Waals surface area contributed by atoms with Crippen molar-refractivity contribution in [1.29, 1.82) is 0 Å². The number of fused-ring (bicyclic) bond motifs is 1. The van der Waals surface area contributed by atoms with Crippen LogP contribution in [0.2, 0.25) is 5.02 Å². The predicted octanol–water partition coefficient (Wildman–Crippen LogP) is 1.88. The normalized spacial score (nSPS) is 15.6. The second-order valence-electron chi connectivity index (χ2n) is 5.97. The third-order valence-corrected chi connectivity index (χ3v) is 4.50. The molecule has 0 unspecified atom stereocenters. The molecule has 2 N–H and O–H groups in total. The molecule has 2 heterocycles. The minimum atomic E-state index is -0.625. The highest BCUT2D eigenvalue weighted by Gasteiger charge is 2.19. The van der Waals surface area contributed by atoms with Crippen LogP contribution in [0.25, 0.3) is 0 Å². The maximum atomic E-state index is 12.1. The van der Waals surface area contributed by atoms with Crippen molar-refractivity contribution in [1.82, 2.24) is 15.2 Å². The molecule has 1 aromatic heterocycles. The standard InChI is InChI=1S/C18H20ClN3O2/c19-17-10-20-7-5-16(17)18(24)21-9-15(23)12-22-8-6-13-3-1-2-4-14(13)11-22/h1-5,7,10,15,23H,6,8-9,11-12H2,(H,21,24)/t15-/m1/s1. The van der Waals surface area contributed by atoms with Gasteiger partial charge < -0.3 is 10.4 Å². The van der Waals surface area contributed by atoms with Crippen molar-refractivity contribution in [3.05, 3.63) is 64.4 Å². The third kappa shape index (κ3) is 4.12. The van der Waals surface area contributed by atoms with Crippen LogP contribution in [-0.2, 0) is 13.0 Å². The van der Waals surface area contributed by atoms with E-state index in [2.05, 4.69) is 33.4 Å². The molecule has 0 saturated heterocycles. The van der Waals surface area contributed by atoms with Crippen molar-refractivity contribution in [2.24, 2.45) is 0 Å². The van der Waals surface area contributed by atoms with E-state index in [1.807, 2.05) is 6.07 Å². The molecular formula is C18H20ClN3O2. The first-order valence-electron chi connectivity index (χ1n) is 7.98. The SMILES string of the molecule is O=C(NC[C@@H](O)CN1CCc2ccccc2C1)c1ccncc1Cl. The van der Waals surface area contributed by atoms with Gasteiger partial charge in [0, 0.05) is 38.6 Å². The molecule has 0 bridgehead atoms. The van der Waals surface area contributed by atoms with Crippen LogP contribution in [0.15, 0.2) is 42.7 Å². The van der Waals surface area contributed by atoms with Gasteiger partial charge in [0.2, 0.25) is 0 Å². The molecule has 1 atom stereocenters. The fourth-order valence-electron chi connectivity index (χ4n) is 2.94. The topological polar surface area (TPSA) is 65.5 Å². The number of hydrogen-bond donors (Lipinski definition) is 2. The number of nitrogens with zero attached hydrogens (tertiary/aromatic N) is 2. The third-order valence-electron chi connectivity index (χ3n) is 4.19. The fourth-order valence-corrected chi connectivity index (χ4v) is 3.14. The summed E-state index contributed by atoms with van der Waals surface area (Å²) in [7, 11) is 0. The summed E-state index contributed by atoms with van der Waals surface area (Å²) >= 11 is 5.94. The molecule has 0 saturated carbocycles. The van der Waals surface area contributed by atoms with Crippen LogP contribution in [0.1, 0.15) is 21.5 Å². The number of amides is 1. The maximum Gasteiger partial charge on any atom is 0.253 e. The number of carbonyl (C=O) groups is 1. The summed E-state index contributed by atoms with van der Waals surface area (Å²) in [6.07, 6.45) is 3.31. The van der Waals surface area contributed by atoms with Crippen LogP contribution < -0.4 is 5.32 Å². The molecule has 6 heteroatoms. The van der Waals surface area contributed by atoms with Gasteiger partial charge in [0.25, 0.3) is 5.91 Å². The van der Waals surface area contributed by atoms with Gasteiger partial charge >= 0.3 is 0 Å². The van der Waals surface area contributed by atoms with E-state index in [4.69, 9.17) is 11.6 Å². The van der Waals surface area contributed by atoms with E-state index in [-0.39, 0.29) is 12.5 Å². The van der Waals surface area contributed by atoms with Gasteiger partial charge in [0.1, 0.15) is 0 Å². The second-order valence-corrected chi connectivity index (χ2v) is 6.38. The van der Waals surface area contributed by atoms with Crippen LogP contribution in [0, 0.1) is 0 Å². The van der Waals surface area contributed by atoms with Crippen molar-refractivity contribution < 1.29 is 9.90 Å². The number of halogens is 1. The van der Waals surface area contributed by atoms with Crippen LogP contribution in [0.5, 0.6) is 0 Å². The maximum absolute atomic E-state index is 12.1. The van der Waals surface area contributed by atoms with Crippen molar-refractivity contribution in [2.75, 3.05) is 19.6 Å². The number of rotatable bonds is 5. The number of benzene rings is 1. The Kier molecular flexibility index (Phi) is 5.45. The monoisotopic (exact) mass is 345 g/mol. The van der Waals surface area contributed by atoms with Crippen molar-refractivity contribution >= 4 is 17.5 Å². The molecule has 2 aromatic rings. The first-order valence-corrected chi connectivity index (χ1v) is 8.36. The van der Waals surface area contributed by atoms with Gasteiger partial charge in [-0.15, -0.1) is 0 Å². The average Bonchev–Trinajstić information content (AvgIpc) is 2.60. The zero-order valence-corrected chi connectivity index (χ0v) is 14.0. The minimum Gasteiger partial charge on any atom is -0.390 e. The smallest absolute Gasteiger partial charge is 0.253 e. The summed E-state index contributed by atoms with van der Waals surface area (Å²) < 4.78 is 0. The Morgan fingerprint density at radius 3 is 2.92 bits per heavy atom. The molecule has 1 amide bonds. The van der Waals surface area contributed by atoms with Crippen molar-refractivity contribution in [2.45, 2.75) is 19.1 Å². The number of carbonyl (C=O) groups excluding carboxylic acids is 1. The largest absolute Gasteiger partial charge is 0.390 e. The molecule has 1 aliphatic rings. The van der Waals surface area contributed by atoms with Crippen LogP contribution in [0.3, 0.4) is 0 Å². The number of β-amino-alcohol motifs (C(OH)–C–C–N with tert-alkyl or cyclic N) is 1. The highest BCUT2D eigenvalue weighted by molar-refractivity contribution is 6.33. The number of nitrogens with one attached hydrogen (secondary N) is 1. The number of pyridine rings is 1. The molecule has 3 rings (SSSR count). The van der Waals surface area contributed by atoms with Gasteiger partial charge in [-0.3, -0.25) is 14.7 Å². The Morgan fingerprint density at radius 1 is 1.33 bits per heavy atom.